The van der Waals surface area contributed by atoms with Gasteiger partial charge >= 0.3 is 0 Å². The van der Waals surface area contributed by atoms with Gasteiger partial charge < -0.3 is 10.6 Å². The molecule has 4 nitrogen and oxygen atoms in total. The van der Waals surface area contributed by atoms with Crippen molar-refractivity contribution in [1.29, 1.82) is 0 Å². The Hall–Kier alpha value is -0.610. The van der Waals surface area contributed by atoms with Crippen molar-refractivity contribution in [3.8, 4) is 0 Å². The number of likely N-dealkylation sites (N-methyl/N-ethyl adjacent to an activating group) is 1. The van der Waals surface area contributed by atoms with Crippen molar-refractivity contribution in [3.63, 3.8) is 0 Å². The summed E-state index contributed by atoms with van der Waals surface area (Å²) < 4.78 is 0. The first-order valence-electron chi connectivity index (χ1n) is 5.02. The van der Waals surface area contributed by atoms with Gasteiger partial charge in [-0.3, -0.25) is 9.69 Å². The number of amides is 1. The molecule has 1 heterocycles. The summed E-state index contributed by atoms with van der Waals surface area (Å²) in [5.41, 5.74) is 0. The van der Waals surface area contributed by atoms with Gasteiger partial charge in [0.15, 0.2) is 0 Å². The van der Waals surface area contributed by atoms with Crippen molar-refractivity contribution in [1.82, 2.24) is 15.5 Å². The smallest absolute Gasteiger partial charge is 0.221 e. The fourth-order valence-corrected chi connectivity index (χ4v) is 1.45. The SMILES string of the molecule is CCNCCN1CCNC(=O)CC1. The summed E-state index contributed by atoms with van der Waals surface area (Å²) in [6.45, 7) is 7.87. The average Bonchev–Trinajstić information content (AvgIpc) is 2.32. The van der Waals surface area contributed by atoms with Gasteiger partial charge in [0.1, 0.15) is 0 Å². The third kappa shape index (κ3) is 4.24. The average molecular weight is 185 g/mol. The molecule has 1 aliphatic rings. The van der Waals surface area contributed by atoms with Gasteiger partial charge in [-0.2, -0.15) is 0 Å². The van der Waals surface area contributed by atoms with Crippen LogP contribution in [0.3, 0.4) is 0 Å². The van der Waals surface area contributed by atoms with Crippen molar-refractivity contribution < 1.29 is 4.79 Å². The van der Waals surface area contributed by atoms with E-state index in [-0.39, 0.29) is 5.91 Å². The quantitative estimate of drug-likeness (QED) is 0.576. The normalized spacial score (nSPS) is 19.6. The summed E-state index contributed by atoms with van der Waals surface area (Å²) in [7, 11) is 0. The van der Waals surface area contributed by atoms with Gasteiger partial charge in [-0.1, -0.05) is 6.92 Å². The van der Waals surface area contributed by atoms with E-state index in [9.17, 15) is 4.79 Å². The number of carbonyl (C=O) groups excluding carboxylic acids is 1. The van der Waals surface area contributed by atoms with Crippen LogP contribution in [0.1, 0.15) is 13.3 Å². The first-order chi connectivity index (χ1) is 6.33. The second-order valence-corrected chi connectivity index (χ2v) is 3.30. The first-order valence-corrected chi connectivity index (χ1v) is 5.02. The molecule has 0 unspecified atom stereocenters. The Labute approximate surface area is 79.7 Å². The van der Waals surface area contributed by atoms with Gasteiger partial charge in [0.05, 0.1) is 0 Å². The number of nitrogens with zero attached hydrogens (tertiary/aromatic N) is 1. The van der Waals surface area contributed by atoms with Crippen LogP contribution in [0.2, 0.25) is 0 Å². The highest BCUT2D eigenvalue weighted by Crippen LogP contribution is 1.94. The Kier molecular flexibility index (Phi) is 4.78. The maximum Gasteiger partial charge on any atom is 0.221 e. The molecule has 1 rings (SSSR count). The molecule has 76 valence electrons. The van der Waals surface area contributed by atoms with Gasteiger partial charge in [-0.15, -0.1) is 0 Å². The second-order valence-electron chi connectivity index (χ2n) is 3.30. The summed E-state index contributed by atoms with van der Waals surface area (Å²) in [5, 5.41) is 6.14. The van der Waals surface area contributed by atoms with Crippen LogP contribution in [-0.2, 0) is 4.79 Å². The van der Waals surface area contributed by atoms with Gasteiger partial charge in [-0.25, -0.2) is 0 Å². The van der Waals surface area contributed by atoms with Crippen LogP contribution in [0.25, 0.3) is 0 Å². The van der Waals surface area contributed by atoms with E-state index in [1.54, 1.807) is 0 Å². The molecule has 1 aliphatic heterocycles. The summed E-state index contributed by atoms with van der Waals surface area (Å²) >= 11 is 0. The summed E-state index contributed by atoms with van der Waals surface area (Å²) in [4.78, 5) is 13.3. The molecule has 0 aromatic rings. The Morgan fingerprint density at radius 1 is 1.54 bits per heavy atom. The van der Waals surface area contributed by atoms with Crippen molar-refractivity contribution >= 4 is 5.91 Å². The molecule has 0 atom stereocenters. The maximum absolute atomic E-state index is 11.0. The largest absolute Gasteiger partial charge is 0.355 e. The predicted octanol–water partition coefficient (Wildman–Crippen LogP) is -0.582. The van der Waals surface area contributed by atoms with E-state index in [0.29, 0.717) is 6.42 Å². The van der Waals surface area contributed by atoms with Crippen LogP contribution in [0, 0.1) is 0 Å². The highest BCUT2D eigenvalue weighted by molar-refractivity contribution is 5.76. The fourth-order valence-electron chi connectivity index (χ4n) is 1.45. The number of rotatable bonds is 4. The van der Waals surface area contributed by atoms with E-state index in [4.69, 9.17) is 0 Å². The zero-order valence-electron chi connectivity index (χ0n) is 8.31. The van der Waals surface area contributed by atoms with Gasteiger partial charge in [0, 0.05) is 39.1 Å². The lowest BCUT2D eigenvalue weighted by Crippen LogP contribution is -2.34. The standard InChI is InChI=1S/C9H19N3O/c1-2-10-4-7-12-6-3-9(13)11-5-8-12/h10H,2-8H2,1H3,(H,11,13). The van der Waals surface area contributed by atoms with Crippen LogP contribution in [0.15, 0.2) is 0 Å². The van der Waals surface area contributed by atoms with Crippen LogP contribution < -0.4 is 10.6 Å². The minimum atomic E-state index is 0.186. The lowest BCUT2D eigenvalue weighted by atomic mass is 10.4. The van der Waals surface area contributed by atoms with Gasteiger partial charge in [0.2, 0.25) is 5.91 Å². The van der Waals surface area contributed by atoms with Crippen molar-refractivity contribution in [2.75, 3.05) is 39.3 Å². The van der Waals surface area contributed by atoms with E-state index in [1.165, 1.54) is 0 Å². The molecule has 4 heteroatoms. The first kappa shape index (κ1) is 10.5. The predicted molar refractivity (Wildman–Crippen MR) is 52.6 cm³/mol. The molecular formula is C9H19N3O. The van der Waals surface area contributed by atoms with E-state index in [0.717, 1.165) is 39.3 Å². The van der Waals surface area contributed by atoms with E-state index < -0.39 is 0 Å². The highest BCUT2D eigenvalue weighted by atomic mass is 16.1. The minimum Gasteiger partial charge on any atom is -0.355 e. The molecule has 1 fully saturated rings. The zero-order chi connectivity index (χ0) is 9.52. The van der Waals surface area contributed by atoms with Crippen molar-refractivity contribution in [3.05, 3.63) is 0 Å². The monoisotopic (exact) mass is 185 g/mol. The van der Waals surface area contributed by atoms with Gasteiger partial charge in [-0.05, 0) is 6.54 Å². The Morgan fingerprint density at radius 3 is 3.15 bits per heavy atom. The molecular weight excluding hydrogens is 166 g/mol. The van der Waals surface area contributed by atoms with Crippen LogP contribution >= 0.6 is 0 Å². The molecule has 0 radical (unpaired) electrons. The van der Waals surface area contributed by atoms with Crippen LogP contribution in [-0.4, -0.2) is 50.1 Å². The van der Waals surface area contributed by atoms with E-state index >= 15 is 0 Å². The fraction of sp³-hybridized carbons (Fsp3) is 0.889. The molecule has 0 bridgehead atoms. The number of hydrogen-bond acceptors (Lipinski definition) is 3. The molecule has 0 aliphatic carbocycles. The lowest BCUT2D eigenvalue weighted by molar-refractivity contribution is -0.120. The number of carbonyl (C=O) groups is 1. The third-order valence-electron chi connectivity index (χ3n) is 2.26. The minimum absolute atomic E-state index is 0.186. The lowest BCUT2D eigenvalue weighted by Gasteiger charge is -2.18. The third-order valence-corrected chi connectivity index (χ3v) is 2.26. The molecule has 2 N–H and O–H groups in total. The molecule has 13 heavy (non-hydrogen) atoms. The molecule has 0 aromatic carbocycles. The summed E-state index contributed by atoms with van der Waals surface area (Å²) in [5.74, 6) is 0.186. The Balaban J connectivity index is 2.14. The van der Waals surface area contributed by atoms with Crippen molar-refractivity contribution in [2.45, 2.75) is 13.3 Å². The van der Waals surface area contributed by atoms with E-state index in [2.05, 4.69) is 22.5 Å². The number of nitrogens with one attached hydrogen (secondary N) is 2. The topological polar surface area (TPSA) is 44.4 Å². The van der Waals surface area contributed by atoms with E-state index in [1.807, 2.05) is 0 Å². The molecule has 0 saturated carbocycles. The molecule has 1 saturated heterocycles. The Bertz CT molecular complexity index is 161. The highest BCUT2D eigenvalue weighted by Gasteiger charge is 2.11. The molecule has 0 aromatic heterocycles. The number of hydrogen-bond donors (Lipinski definition) is 2. The van der Waals surface area contributed by atoms with Gasteiger partial charge in [0.25, 0.3) is 0 Å². The second kappa shape index (κ2) is 5.94. The van der Waals surface area contributed by atoms with Crippen molar-refractivity contribution in [2.24, 2.45) is 0 Å². The molecule has 0 spiro atoms. The van der Waals surface area contributed by atoms with Crippen LogP contribution in [0.4, 0.5) is 0 Å². The summed E-state index contributed by atoms with van der Waals surface area (Å²) in [6, 6.07) is 0. The summed E-state index contributed by atoms with van der Waals surface area (Å²) in [6.07, 6.45) is 0.645. The zero-order valence-corrected chi connectivity index (χ0v) is 8.31. The van der Waals surface area contributed by atoms with Crippen LogP contribution in [0.5, 0.6) is 0 Å². The maximum atomic E-state index is 11.0. The molecule has 1 amide bonds. The Morgan fingerprint density at radius 2 is 2.38 bits per heavy atom.